The maximum Gasteiger partial charge on any atom is 0.240 e. The summed E-state index contributed by atoms with van der Waals surface area (Å²) < 4.78 is 18.0. The quantitative estimate of drug-likeness (QED) is 0.258. The van der Waals surface area contributed by atoms with Crippen LogP contribution in [-0.4, -0.2) is 38.6 Å². The fourth-order valence-corrected chi connectivity index (χ4v) is 4.03. The van der Waals surface area contributed by atoms with Gasteiger partial charge in [-0.2, -0.15) is 4.98 Å². The first-order chi connectivity index (χ1) is 14.7. The minimum absolute atomic E-state index is 0.134. The molecule has 4 rings (SSSR count). The summed E-state index contributed by atoms with van der Waals surface area (Å²) in [5, 5.41) is 14.0. The van der Waals surface area contributed by atoms with Crippen molar-refractivity contribution in [1.29, 1.82) is 0 Å². The van der Waals surface area contributed by atoms with Gasteiger partial charge in [-0.1, -0.05) is 40.7 Å². The Hall–Kier alpha value is -2.62. The van der Waals surface area contributed by atoms with Gasteiger partial charge in [0.15, 0.2) is 16.7 Å². The maximum atomic E-state index is 6.40. The molecular formula is C20H20ClN5O3S. The zero-order valence-electron chi connectivity index (χ0n) is 16.5. The van der Waals surface area contributed by atoms with Crippen LogP contribution in [0.25, 0.3) is 23.0 Å². The SMILES string of the molecule is COCCCn1c(SC(C)c2nc(-c3ccco3)no2)nnc1-c1ccccc1Cl. The van der Waals surface area contributed by atoms with Crippen molar-refractivity contribution in [2.45, 2.75) is 30.3 Å². The van der Waals surface area contributed by atoms with Crippen LogP contribution < -0.4 is 0 Å². The van der Waals surface area contributed by atoms with Gasteiger partial charge in [-0.05, 0) is 37.6 Å². The van der Waals surface area contributed by atoms with Crippen molar-refractivity contribution >= 4 is 23.4 Å². The average molecular weight is 446 g/mol. The van der Waals surface area contributed by atoms with E-state index in [1.165, 1.54) is 11.8 Å². The predicted molar refractivity (Wildman–Crippen MR) is 113 cm³/mol. The molecule has 0 aliphatic carbocycles. The van der Waals surface area contributed by atoms with E-state index in [0.717, 1.165) is 17.1 Å². The summed E-state index contributed by atoms with van der Waals surface area (Å²) in [7, 11) is 1.69. The standard InChI is InChI=1S/C20H20ClN5O3S/c1-13(19-22-17(25-29-19)16-9-5-12-28-16)30-20-24-23-18(26(20)10-6-11-27-2)14-7-3-4-8-15(14)21/h3-5,7-9,12-13H,6,10-11H2,1-2H3. The van der Waals surface area contributed by atoms with Crippen LogP contribution in [0, 0.1) is 0 Å². The summed E-state index contributed by atoms with van der Waals surface area (Å²) in [4.78, 5) is 4.44. The third-order valence-corrected chi connectivity index (χ3v) is 5.77. The Labute approximate surface area is 182 Å². The molecule has 1 unspecified atom stereocenters. The van der Waals surface area contributed by atoms with E-state index in [9.17, 15) is 0 Å². The van der Waals surface area contributed by atoms with E-state index in [2.05, 4.69) is 20.3 Å². The molecule has 0 N–H and O–H groups in total. The lowest BCUT2D eigenvalue weighted by atomic mass is 10.2. The number of rotatable bonds is 9. The Bertz CT molecular complexity index is 1100. The van der Waals surface area contributed by atoms with E-state index >= 15 is 0 Å². The van der Waals surface area contributed by atoms with Gasteiger partial charge in [0.25, 0.3) is 0 Å². The maximum absolute atomic E-state index is 6.40. The van der Waals surface area contributed by atoms with Gasteiger partial charge in [-0.25, -0.2) is 0 Å². The Morgan fingerprint density at radius 3 is 2.83 bits per heavy atom. The Balaban J connectivity index is 1.59. The number of thioether (sulfide) groups is 1. The van der Waals surface area contributed by atoms with Gasteiger partial charge in [-0.3, -0.25) is 0 Å². The molecule has 30 heavy (non-hydrogen) atoms. The molecule has 4 aromatic rings. The van der Waals surface area contributed by atoms with Crippen LogP contribution in [0.5, 0.6) is 0 Å². The number of furan rings is 1. The summed E-state index contributed by atoms with van der Waals surface area (Å²) >= 11 is 7.89. The third kappa shape index (κ3) is 4.43. The Kier molecular flexibility index (Phi) is 6.51. The fourth-order valence-electron chi connectivity index (χ4n) is 2.90. The number of ether oxygens (including phenoxy) is 1. The van der Waals surface area contributed by atoms with Crippen molar-refractivity contribution in [1.82, 2.24) is 24.9 Å². The molecule has 0 radical (unpaired) electrons. The molecule has 0 aliphatic rings. The van der Waals surface area contributed by atoms with E-state index in [0.29, 0.717) is 41.5 Å². The highest BCUT2D eigenvalue weighted by Gasteiger charge is 2.22. The van der Waals surface area contributed by atoms with E-state index in [1.54, 1.807) is 25.5 Å². The minimum Gasteiger partial charge on any atom is -0.461 e. The molecule has 8 nitrogen and oxygen atoms in total. The van der Waals surface area contributed by atoms with Crippen LogP contribution in [-0.2, 0) is 11.3 Å². The van der Waals surface area contributed by atoms with Crippen LogP contribution in [0.3, 0.4) is 0 Å². The molecule has 0 saturated heterocycles. The minimum atomic E-state index is -0.134. The molecule has 1 aromatic carbocycles. The first-order valence-electron chi connectivity index (χ1n) is 9.38. The lowest BCUT2D eigenvalue weighted by Gasteiger charge is -2.12. The van der Waals surface area contributed by atoms with Crippen LogP contribution in [0.2, 0.25) is 5.02 Å². The van der Waals surface area contributed by atoms with E-state index in [1.807, 2.05) is 35.8 Å². The van der Waals surface area contributed by atoms with Crippen molar-refractivity contribution < 1.29 is 13.7 Å². The van der Waals surface area contributed by atoms with E-state index in [4.69, 9.17) is 25.3 Å². The highest BCUT2D eigenvalue weighted by atomic mass is 35.5. The van der Waals surface area contributed by atoms with Crippen molar-refractivity contribution in [3.05, 3.63) is 53.6 Å². The van der Waals surface area contributed by atoms with Crippen LogP contribution in [0.4, 0.5) is 0 Å². The lowest BCUT2D eigenvalue weighted by Crippen LogP contribution is -2.06. The molecule has 0 aliphatic heterocycles. The van der Waals surface area contributed by atoms with Crippen LogP contribution in [0.1, 0.15) is 24.5 Å². The van der Waals surface area contributed by atoms with Gasteiger partial charge in [0.2, 0.25) is 11.7 Å². The number of aromatic nitrogens is 5. The molecular weight excluding hydrogens is 426 g/mol. The second-order valence-electron chi connectivity index (χ2n) is 6.48. The molecule has 0 amide bonds. The average Bonchev–Trinajstić information content (AvgIpc) is 3.50. The highest BCUT2D eigenvalue weighted by Crippen LogP contribution is 2.36. The van der Waals surface area contributed by atoms with E-state index in [-0.39, 0.29) is 5.25 Å². The number of hydrogen-bond acceptors (Lipinski definition) is 8. The number of halogens is 1. The summed E-state index contributed by atoms with van der Waals surface area (Å²) in [6.45, 7) is 3.31. The number of methoxy groups -OCH3 is 1. The van der Waals surface area contributed by atoms with Crippen molar-refractivity contribution in [3.8, 4) is 23.0 Å². The highest BCUT2D eigenvalue weighted by molar-refractivity contribution is 7.99. The zero-order chi connectivity index (χ0) is 20.9. The van der Waals surface area contributed by atoms with Crippen molar-refractivity contribution in [2.24, 2.45) is 0 Å². The summed E-state index contributed by atoms with van der Waals surface area (Å²) in [5.74, 6) is 2.18. The summed E-state index contributed by atoms with van der Waals surface area (Å²) in [6, 6.07) is 11.2. The molecule has 10 heteroatoms. The fraction of sp³-hybridized carbons (Fsp3) is 0.300. The smallest absolute Gasteiger partial charge is 0.240 e. The Morgan fingerprint density at radius 1 is 1.20 bits per heavy atom. The predicted octanol–water partition coefficient (Wildman–Crippen LogP) is 5.13. The molecule has 3 heterocycles. The van der Waals surface area contributed by atoms with Gasteiger partial charge in [0.05, 0.1) is 16.5 Å². The van der Waals surface area contributed by atoms with Gasteiger partial charge in [-0.15, -0.1) is 10.2 Å². The number of hydrogen-bond donors (Lipinski definition) is 0. The molecule has 3 aromatic heterocycles. The van der Waals surface area contributed by atoms with Crippen molar-refractivity contribution in [3.63, 3.8) is 0 Å². The van der Waals surface area contributed by atoms with E-state index < -0.39 is 0 Å². The number of nitrogens with zero attached hydrogens (tertiary/aromatic N) is 5. The second-order valence-corrected chi connectivity index (χ2v) is 8.19. The normalized spacial score (nSPS) is 12.4. The van der Waals surface area contributed by atoms with Gasteiger partial charge in [0, 0.05) is 25.8 Å². The Morgan fingerprint density at radius 2 is 2.07 bits per heavy atom. The topological polar surface area (TPSA) is 92.0 Å². The molecule has 0 spiro atoms. The molecule has 156 valence electrons. The van der Waals surface area contributed by atoms with Crippen LogP contribution in [0.15, 0.2) is 56.8 Å². The van der Waals surface area contributed by atoms with Gasteiger partial charge < -0.3 is 18.2 Å². The van der Waals surface area contributed by atoms with Crippen molar-refractivity contribution in [2.75, 3.05) is 13.7 Å². The third-order valence-electron chi connectivity index (χ3n) is 4.38. The molecule has 0 bridgehead atoms. The summed E-state index contributed by atoms with van der Waals surface area (Å²) in [5.41, 5.74) is 0.835. The molecule has 1 atom stereocenters. The molecule has 0 fully saturated rings. The first kappa shape index (κ1) is 20.6. The summed E-state index contributed by atoms with van der Waals surface area (Å²) in [6.07, 6.45) is 2.39. The number of benzene rings is 1. The monoisotopic (exact) mass is 445 g/mol. The largest absolute Gasteiger partial charge is 0.461 e. The van der Waals surface area contributed by atoms with Gasteiger partial charge >= 0.3 is 0 Å². The first-order valence-corrected chi connectivity index (χ1v) is 10.6. The zero-order valence-corrected chi connectivity index (χ0v) is 18.1. The van der Waals surface area contributed by atoms with Crippen LogP contribution >= 0.6 is 23.4 Å². The molecule has 0 saturated carbocycles. The van der Waals surface area contributed by atoms with Gasteiger partial charge in [0.1, 0.15) is 0 Å². The second kappa shape index (κ2) is 9.46. The lowest BCUT2D eigenvalue weighted by molar-refractivity contribution is 0.189.